The van der Waals surface area contributed by atoms with E-state index in [2.05, 4.69) is 0 Å². The second kappa shape index (κ2) is 9.72. The van der Waals surface area contributed by atoms with Crippen molar-refractivity contribution in [1.29, 1.82) is 0 Å². The van der Waals surface area contributed by atoms with E-state index in [4.69, 9.17) is 5.73 Å². The SMILES string of the molecule is CCN(CCc1ccccc1)C(=O)CSc1ccc(C(N)=O)cc1[N+](=O)[O-]. The van der Waals surface area contributed by atoms with Crippen LogP contribution in [0.2, 0.25) is 0 Å². The third-order valence-corrected chi connectivity index (χ3v) is 5.09. The van der Waals surface area contributed by atoms with Crippen molar-refractivity contribution in [3.63, 3.8) is 0 Å². The first-order valence-electron chi connectivity index (χ1n) is 8.45. The zero-order chi connectivity index (χ0) is 19.8. The number of hydrogen-bond acceptors (Lipinski definition) is 5. The lowest BCUT2D eigenvalue weighted by atomic mass is 10.1. The maximum absolute atomic E-state index is 12.5. The van der Waals surface area contributed by atoms with Crippen molar-refractivity contribution >= 4 is 29.3 Å². The van der Waals surface area contributed by atoms with Crippen molar-refractivity contribution in [3.05, 3.63) is 69.8 Å². The molecule has 0 atom stereocenters. The summed E-state index contributed by atoms with van der Waals surface area (Å²) in [7, 11) is 0. The molecule has 0 saturated carbocycles. The lowest BCUT2D eigenvalue weighted by Gasteiger charge is -2.20. The molecule has 2 aromatic carbocycles. The molecule has 2 N–H and O–H groups in total. The highest BCUT2D eigenvalue weighted by molar-refractivity contribution is 8.00. The Balaban J connectivity index is 2.00. The summed E-state index contributed by atoms with van der Waals surface area (Å²) in [5.74, 6) is -0.741. The first-order valence-corrected chi connectivity index (χ1v) is 9.43. The van der Waals surface area contributed by atoms with Crippen molar-refractivity contribution in [3.8, 4) is 0 Å². The van der Waals surface area contributed by atoms with Crippen molar-refractivity contribution in [2.45, 2.75) is 18.2 Å². The van der Waals surface area contributed by atoms with Crippen LogP contribution in [0.15, 0.2) is 53.4 Å². The van der Waals surface area contributed by atoms with E-state index in [1.807, 2.05) is 37.3 Å². The smallest absolute Gasteiger partial charge is 0.283 e. The minimum atomic E-state index is -0.733. The average molecular weight is 387 g/mol. The molecule has 0 aliphatic carbocycles. The van der Waals surface area contributed by atoms with E-state index >= 15 is 0 Å². The topological polar surface area (TPSA) is 107 Å². The molecule has 0 bridgehead atoms. The molecular formula is C19H21N3O4S. The molecule has 2 rings (SSSR count). The summed E-state index contributed by atoms with van der Waals surface area (Å²) >= 11 is 1.08. The van der Waals surface area contributed by atoms with Gasteiger partial charge in [-0.05, 0) is 31.0 Å². The van der Waals surface area contributed by atoms with Crippen LogP contribution in [-0.2, 0) is 11.2 Å². The lowest BCUT2D eigenvalue weighted by molar-refractivity contribution is -0.387. The molecule has 2 aromatic rings. The number of thioether (sulfide) groups is 1. The maximum atomic E-state index is 12.5. The van der Waals surface area contributed by atoms with Crippen molar-refractivity contribution in [2.75, 3.05) is 18.8 Å². The minimum Gasteiger partial charge on any atom is -0.366 e. The molecule has 0 unspecified atom stereocenters. The van der Waals surface area contributed by atoms with Gasteiger partial charge in [0.05, 0.1) is 15.6 Å². The maximum Gasteiger partial charge on any atom is 0.283 e. The fourth-order valence-electron chi connectivity index (χ4n) is 2.53. The fraction of sp³-hybridized carbons (Fsp3) is 0.263. The third kappa shape index (κ3) is 5.82. The van der Waals surface area contributed by atoms with E-state index in [-0.39, 0.29) is 22.9 Å². The van der Waals surface area contributed by atoms with E-state index in [1.165, 1.54) is 12.1 Å². The number of primary amides is 1. The number of carbonyl (C=O) groups is 2. The van der Waals surface area contributed by atoms with Gasteiger partial charge >= 0.3 is 0 Å². The van der Waals surface area contributed by atoms with Gasteiger partial charge in [-0.2, -0.15) is 0 Å². The normalized spacial score (nSPS) is 10.4. The number of likely N-dealkylation sites (N-methyl/N-ethyl adjacent to an activating group) is 1. The molecule has 0 aliphatic heterocycles. The molecule has 0 heterocycles. The van der Waals surface area contributed by atoms with Crippen molar-refractivity contribution in [2.24, 2.45) is 5.73 Å². The minimum absolute atomic E-state index is 0.0652. The molecule has 2 amide bonds. The van der Waals surface area contributed by atoms with Gasteiger partial charge in [-0.25, -0.2) is 0 Å². The predicted octanol–water partition coefficient (Wildman–Crippen LogP) is 2.88. The molecule has 0 fully saturated rings. The number of nitro benzene ring substituents is 1. The molecule has 0 saturated heterocycles. The molecule has 0 aliphatic rings. The molecule has 142 valence electrons. The summed E-state index contributed by atoms with van der Waals surface area (Å²) in [5, 5.41) is 11.2. The molecule has 7 nitrogen and oxygen atoms in total. The molecule has 8 heteroatoms. The van der Waals surface area contributed by atoms with Gasteiger partial charge in [-0.1, -0.05) is 30.3 Å². The Labute approximate surface area is 161 Å². The Hall–Kier alpha value is -2.87. The Morgan fingerprint density at radius 3 is 2.48 bits per heavy atom. The summed E-state index contributed by atoms with van der Waals surface area (Å²) in [6.07, 6.45) is 0.749. The summed E-state index contributed by atoms with van der Waals surface area (Å²) in [5.41, 5.74) is 6.15. The second-order valence-corrected chi connectivity index (χ2v) is 6.82. The summed E-state index contributed by atoms with van der Waals surface area (Å²) in [6, 6.07) is 13.9. The number of nitrogens with zero attached hydrogens (tertiary/aromatic N) is 2. The van der Waals surface area contributed by atoms with Gasteiger partial charge in [-0.15, -0.1) is 11.8 Å². The number of hydrogen-bond donors (Lipinski definition) is 1. The number of amides is 2. The van der Waals surface area contributed by atoms with Gasteiger partial charge in [0.2, 0.25) is 11.8 Å². The van der Waals surface area contributed by atoms with Crippen LogP contribution in [0.1, 0.15) is 22.8 Å². The highest BCUT2D eigenvalue weighted by Gasteiger charge is 2.19. The summed E-state index contributed by atoms with van der Waals surface area (Å²) in [4.78, 5) is 36.4. The number of nitro groups is 1. The van der Waals surface area contributed by atoms with Crippen LogP contribution in [0.4, 0.5) is 5.69 Å². The van der Waals surface area contributed by atoms with Gasteiger partial charge in [0.1, 0.15) is 0 Å². The van der Waals surface area contributed by atoms with Crippen LogP contribution in [0.3, 0.4) is 0 Å². The highest BCUT2D eigenvalue weighted by Crippen LogP contribution is 2.30. The van der Waals surface area contributed by atoms with E-state index < -0.39 is 10.8 Å². The average Bonchev–Trinajstić information content (AvgIpc) is 2.67. The highest BCUT2D eigenvalue weighted by atomic mass is 32.2. The molecule has 0 aromatic heterocycles. The second-order valence-electron chi connectivity index (χ2n) is 5.80. The monoisotopic (exact) mass is 387 g/mol. The van der Waals surface area contributed by atoms with Gasteiger partial charge in [0.25, 0.3) is 5.69 Å². The molecular weight excluding hydrogens is 366 g/mol. The van der Waals surface area contributed by atoms with Crippen LogP contribution < -0.4 is 5.73 Å². The van der Waals surface area contributed by atoms with Crippen molar-refractivity contribution < 1.29 is 14.5 Å². The predicted molar refractivity (Wildman–Crippen MR) is 105 cm³/mol. The van der Waals surface area contributed by atoms with Crippen LogP contribution in [0.25, 0.3) is 0 Å². The van der Waals surface area contributed by atoms with Crippen molar-refractivity contribution in [1.82, 2.24) is 4.90 Å². The lowest BCUT2D eigenvalue weighted by Crippen LogP contribution is -2.34. The van der Waals surface area contributed by atoms with Crippen LogP contribution in [0.5, 0.6) is 0 Å². The van der Waals surface area contributed by atoms with Gasteiger partial charge in [-0.3, -0.25) is 19.7 Å². The quantitative estimate of drug-likeness (QED) is 0.404. The number of rotatable bonds is 9. The number of carbonyl (C=O) groups excluding carboxylic acids is 2. The molecule has 0 spiro atoms. The molecule has 0 radical (unpaired) electrons. The Bertz CT molecular complexity index is 827. The van der Waals surface area contributed by atoms with Gasteiger partial charge in [0, 0.05) is 24.7 Å². The zero-order valence-corrected chi connectivity index (χ0v) is 15.8. The number of nitrogens with two attached hydrogens (primary N) is 1. The van der Waals surface area contributed by atoms with Crippen LogP contribution in [0, 0.1) is 10.1 Å². The first-order chi connectivity index (χ1) is 12.9. The van der Waals surface area contributed by atoms with Gasteiger partial charge < -0.3 is 10.6 Å². The van der Waals surface area contributed by atoms with E-state index in [0.29, 0.717) is 18.0 Å². The summed E-state index contributed by atoms with van der Waals surface area (Å²) < 4.78 is 0. The Kier molecular flexibility index (Phi) is 7.36. The van der Waals surface area contributed by atoms with Gasteiger partial charge in [0.15, 0.2) is 0 Å². The van der Waals surface area contributed by atoms with Crippen LogP contribution in [-0.4, -0.2) is 40.5 Å². The van der Waals surface area contributed by atoms with E-state index in [0.717, 1.165) is 29.8 Å². The van der Waals surface area contributed by atoms with Crippen LogP contribution >= 0.6 is 11.8 Å². The summed E-state index contributed by atoms with van der Waals surface area (Å²) in [6.45, 7) is 3.05. The van der Waals surface area contributed by atoms with E-state index in [9.17, 15) is 19.7 Å². The Morgan fingerprint density at radius 2 is 1.89 bits per heavy atom. The zero-order valence-electron chi connectivity index (χ0n) is 15.0. The number of benzene rings is 2. The first kappa shape index (κ1) is 20.4. The largest absolute Gasteiger partial charge is 0.366 e. The molecule has 27 heavy (non-hydrogen) atoms. The fourth-order valence-corrected chi connectivity index (χ4v) is 3.44. The Morgan fingerprint density at radius 1 is 1.19 bits per heavy atom. The standard InChI is InChI=1S/C19H21N3O4S/c1-2-21(11-10-14-6-4-3-5-7-14)18(23)13-27-17-9-8-15(19(20)24)12-16(17)22(25)26/h3-9,12H,2,10-11,13H2,1H3,(H2,20,24). The third-order valence-electron chi connectivity index (χ3n) is 4.04. The van der Waals surface area contributed by atoms with E-state index in [1.54, 1.807) is 4.90 Å².